The number of aliphatic hydroxyl groups is 1. The van der Waals surface area contributed by atoms with Crippen LogP contribution in [0.4, 0.5) is 4.79 Å². The second kappa shape index (κ2) is 9.11. The zero-order valence-corrected chi connectivity index (χ0v) is 16.7. The first-order valence-electron chi connectivity index (χ1n) is 9.91. The zero-order chi connectivity index (χ0) is 20.3. The molecule has 1 unspecified atom stereocenters. The number of aliphatic imine (C=N–C) groups is 1. The van der Waals surface area contributed by atoms with E-state index in [1.54, 1.807) is 12.3 Å². The smallest absolute Gasteiger partial charge is 0.431 e. The van der Waals surface area contributed by atoms with Crippen LogP contribution in [0.1, 0.15) is 40.0 Å². The normalized spacial score (nSPS) is 35.8. The molecule has 28 heavy (non-hydrogen) atoms. The molecule has 0 aromatic carbocycles. The highest BCUT2D eigenvalue weighted by molar-refractivity contribution is 5.91. The van der Waals surface area contributed by atoms with Crippen molar-refractivity contribution in [3.63, 3.8) is 0 Å². The molecule has 9 heteroatoms. The molecular weight excluding hydrogens is 366 g/mol. The average Bonchev–Trinajstić information content (AvgIpc) is 3.08. The maximum Gasteiger partial charge on any atom is 0.508 e. The van der Waals surface area contributed by atoms with Crippen LogP contribution in [0.5, 0.6) is 0 Å². The molecular formula is C19H31N3O6. The number of nitrogens with zero attached hydrogens (tertiary/aromatic N) is 2. The summed E-state index contributed by atoms with van der Waals surface area (Å²) in [5.41, 5.74) is 5.54. The molecule has 1 saturated heterocycles. The van der Waals surface area contributed by atoms with Crippen molar-refractivity contribution in [1.29, 1.82) is 0 Å². The Morgan fingerprint density at radius 1 is 1.46 bits per heavy atom. The summed E-state index contributed by atoms with van der Waals surface area (Å²) < 4.78 is 22.0. The molecule has 158 valence electrons. The van der Waals surface area contributed by atoms with Crippen molar-refractivity contribution in [2.24, 2.45) is 28.5 Å². The van der Waals surface area contributed by atoms with Gasteiger partial charge in [0, 0.05) is 6.20 Å². The van der Waals surface area contributed by atoms with E-state index in [2.05, 4.69) is 25.8 Å². The summed E-state index contributed by atoms with van der Waals surface area (Å²) >= 11 is 0. The lowest BCUT2D eigenvalue weighted by atomic mass is 9.75. The van der Waals surface area contributed by atoms with E-state index in [-0.39, 0.29) is 25.2 Å². The molecule has 0 amide bonds. The molecule has 0 aromatic heterocycles. The fraction of sp³-hybridized carbons (Fsp3) is 0.789. The van der Waals surface area contributed by atoms with Gasteiger partial charge in [-0.15, -0.1) is 0 Å². The van der Waals surface area contributed by atoms with Gasteiger partial charge in [0.2, 0.25) is 6.35 Å². The summed E-state index contributed by atoms with van der Waals surface area (Å²) in [4.78, 5) is 17.5. The van der Waals surface area contributed by atoms with Crippen LogP contribution < -0.4 is 5.73 Å². The minimum absolute atomic E-state index is 0.0803. The summed E-state index contributed by atoms with van der Waals surface area (Å²) in [6.45, 7) is 6.62. The summed E-state index contributed by atoms with van der Waals surface area (Å²) in [6.07, 6.45) is 3.01. The molecule has 2 aliphatic heterocycles. The number of nitrogens with two attached hydrogens (primary N) is 1. The monoisotopic (exact) mass is 397 g/mol. The Bertz CT molecular complexity index is 610. The Labute approximate surface area is 165 Å². The summed E-state index contributed by atoms with van der Waals surface area (Å²) in [7, 11) is 0. The number of aliphatic hydroxyl groups excluding tert-OH is 1. The lowest BCUT2D eigenvalue weighted by Gasteiger charge is -2.36. The van der Waals surface area contributed by atoms with Gasteiger partial charge in [0.25, 0.3) is 0 Å². The van der Waals surface area contributed by atoms with Gasteiger partial charge in [0.05, 0.1) is 6.61 Å². The van der Waals surface area contributed by atoms with E-state index in [1.807, 2.05) is 0 Å². The topological polar surface area (TPSA) is 116 Å². The summed E-state index contributed by atoms with van der Waals surface area (Å²) in [5.74, 6) is 1.58. The van der Waals surface area contributed by atoms with E-state index in [0.717, 1.165) is 19.3 Å². The van der Waals surface area contributed by atoms with E-state index in [1.165, 1.54) is 4.90 Å². The molecule has 2 heterocycles. The molecule has 0 aromatic rings. The third kappa shape index (κ3) is 5.15. The van der Waals surface area contributed by atoms with Crippen LogP contribution in [0.15, 0.2) is 17.3 Å². The molecule has 3 N–H and O–H groups in total. The Kier molecular flexibility index (Phi) is 6.79. The van der Waals surface area contributed by atoms with Gasteiger partial charge in [0.1, 0.15) is 18.5 Å². The highest BCUT2D eigenvalue weighted by atomic mass is 16.8. The lowest BCUT2D eigenvalue weighted by molar-refractivity contribution is -0.137. The van der Waals surface area contributed by atoms with Crippen LogP contribution in [0.3, 0.4) is 0 Å². The second-order valence-corrected chi connectivity index (χ2v) is 8.06. The van der Waals surface area contributed by atoms with Crippen LogP contribution in [0.2, 0.25) is 0 Å². The van der Waals surface area contributed by atoms with Crippen LogP contribution in [0, 0.1) is 17.8 Å². The van der Waals surface area contributed by atoms with Gasteiger partial charge in [-0.3, -0.25) is 0 Å². The van der Waals surface area contributed by atoms with Crippen LogP contribution >= 0.6 is 0 Å². The highest BCUT2D eigenvalue weighted by Crippen LogP contribution is 2.35. The van der Waals surface area contributed by atoms with Crippen molar-refractivity contribution in [1.82, 2.24) is 4.90 Å². The quantitative estimate of drug-likeness (QED) is 0.674. The predicted molar refractivity (Wildman–Crippen MR) is 101 cm³/mol. The van der Waals surface area contributed by atoms with Crippen molar-refractivity contribution in [3.05, 3.63) is 12.3 Å². The highest BCUT2D eigenvalue weighted by Gasteiger charge is 2.36. The fourth-order valence-electron chi connectivity index (χ4n) is 3.96. The maximum atomic E-state index is 12.2. The fourth-order valence-corrected chi connectivity index (χ4v) is 3.96. The molecule has 1 aliphatic carbocycles. The molecule has 9 nitrogen and oxygen atoms in total. The number of hydrogen-bond donors (Lipinski definition) is 2. The van der Waals surface area contributed by atoms with Gasteiger partial charge in [-0.1, -0.05) is 27.2 Å². The number of carbonyl (C=O) groups excluding carboxylic acids is 1. The number of ether oxygens (including phenoxy) is 4. The zero-order valence-electron chi connectivity index (χ0n) is 16.7. The molecule has 0 radical (unpaired) electrons. The second-order valence-electron chi connectivity index (χ2n) is 8.06. The van der Waals surface area contributed by atoms with Crippen LogP contribution in [-0.2, 0) is 18.9 Å². The first-order chi connectivity index (χ1) is 13.3. The van der Waals surface area contributed by atoms with E-state index in [4.69, 9.17) is 24.7 Å². The lowest BCUT2D eigenvalue weighted by Crippen LogP contribution is -2.43. The third-order valence-corrected chi connectivity index (χ3v) is 5.56. The van der Waals surface area contributed by atoms with E-state index >= 15 is 0 Å². The SMILES string of the molecule is CC(C)[C@@H]1CC[C@@H](C)C[C@H]1OC(=O)OC[C@H]1OC[C@@H](N2C=CC(N)=NC2O)O1. The molecule has 0 spiro atoms. The van der Waals surface area contributed by atoms with Crippen molar-refractivity contribution >= 4 is 12.0 Å². The average molecular weight is 397 g/mol. The molecule has 0 bridgehead atoms. The number of carbonyl (C=O) groups is 1. The number of amidine groups is 1. The van der Waals surface area contributed by atoms with Gasteiger partial charge in [-0.05, 0) is 36.7 Å². The van der Waals surface area contributed by atoms with Gasteiger partial charge in [0.15, 0.2) is 12.5 Å². The Morgan fingerprint density at radius 2 is 2.25 bits per heavy atom. The van der Waals surface area contributed by atoms with Gasteiger partial charge < -0.3 is 34.7 Å². The van der Waals surface area contributed by atoms with Gasteiger partial charge in [-0.2, -0.15) is 0 Å². The van der Waals surface area contributed by atoms with Crippen LogP contribution in [0.25, 0.3) is 0 Å². The molecule has 3 rings (SSSR count). The Balaban J connectivity index is 1.43. The first-order valence-corrected chi connectivity index (χ1v) is 9.91. The van der Waals surface area contributed by atoms with E-state index < -0.39 is 25.0 Å². The Hall–Kier alpha value is -1.84. The van der Waals surface area contributed by atoms with Crippen LogP contribution in [-0.4, -0.2) is 60.2 Å². The van der Waals surface area contributed by atoms with E-state index in [9.17, 15) is 9.90 Å². The van der Waals surface area contributed by atoms with Gasteiger partial charge >= 0.3 is 6.16 Å². The van der Waals surface area contributed by atoms with Gasteiger partial charge in [-0.25, -0.2) is 9.79 Å². The van der Waals surface area contributed by atoms with Crippen molar-refractivity contribution in [2.45, 2.75) is 65.0 Å². The minimum atomic E-state index is -1.13. The van der Waals surface area contributed by atoms with E-state index in [0.29, 0.717) is 17.8 Å². The Morgan fingerprint density at radius 3 is 2.96 bits per heavy atom. The van der Waals surface area contributed by atoms with Crippen molar-refractivity contribution in [3.8, 4) is 0 Å². The van der Waals surface area contributed by atoms with Crippen molar-refractivity contribution in [2.75, 3.05) is 13.2 Å². The summed E-state index contributed by atoms with van der Waals surface area (Å²) in [6, 6.07) is 0. The first kappa shape index (κ1) is 20.9. The largest absolute Gasteiger partial charge is 0.508 e. The predicted octanol–water partition coefficient (Wildman–Crippen LogP) is 1.76. The third-order valence-electron chi connectivity index (χ3n) is 5.56. The minimum Gasteiger partial charge on any atom is -0.431 e. The maximum absolute atomic E-state index is 12.2. The molecule has 3 aliphatic rings. The molecule has 6 atom stereocenters. The summed E-state index contributed by atoms with van der Waals surface area (Å²) in [5, 5.41) is 9.94. The number of hydrogen-bond acceptors (Lipinski definition) is 9. The number of rotatable bonds is 5. The standard InChI is InChI=1S/C19H31N3O6/c1-11(2)13-5-4-12(3)8-14(13)27-19(24)26-10-17-25-9-16(28-17)22-7-6-15(20)21-18(22)23/h6-7,11-14,16-18,23H,4-5,8-10H2,1-3H3,(H2,20,21)/t12-,13+,14-,16+,17+,18?/m1/s1. The molecule has 1 saturated carbocycles. The van der Waals surface area contributed by atoms with Crippen molar-refractivity contribution < 1.29 is 28.8 Å². The molecule has 2 fully saturated rings.